The van der Waals surface area contributed by atoms with Gasteiger partial charge in [0.05, 0.1) is 4.92 Å². The van der Waals surface area contributed by atoms with Crippen LogP contribution in [-0.2, 0) is 5.54 Å². The molecule has 1 atom stereocenters. The molecule has 1 aliphatic carbocycles. The highest BCUT2D eigenvalue weighted by atomic mass is 16.6. The van der Waals surface area contributed by atoms with Gasteiger partial charge < -0.3 is 9.58 Å². The Labute approximate surface area is 145 Å². The van der Waals surface area contributed by atoms with Crippen molar-refractivity contribution in [2.45, 2.75) is 24.3 Å². The van der Waals surface area contributed by atoms with Crippen LogP contribution in [-0.4, -0.2) is 11.5 Å². The Hall–Kier alpha value is -3.13. The second kappa shape index (κ2) is 5.75. The second-order valence-electron chi connectivity index (χ2n) is 6.44. The van der Waals surface area contributed by atoms with Crippen LogP contribution < -0.4 is 4.74 Å². The molecule has 1 aliphatic heterocycles. The lowest BCUT2D eigenvalue weighted by atomic mass is 9.87. The van der Waals surface area contributed by atoms with Gasteiger partial charge in [0.25, 0.3) is 5.54 Å². The lowest BCUT2D eigenvalue weighted by Crippen LogP contribution is -2.08. The third-order valence-electron chi connectivity index (χ3n) is 4.92. The van der Waals surface area contributed by atoms with Gasteiger partial charge in [-0.15, -0.1) is 0 Å². The summed E-state index contributed by atoms with van der Waals surface area (Å²) in [5.41, 5.74) is 1.89. The zero-order valence-electron chi connectivity index (χ0n) is 13.5. The van der Waals surface area contributed by atoms with Gasteiger partial charge in [-0.25, -0.2) is 6.57 Å². The Kier molecular flexibility index (Phi) is 3.54. The summed E-state index contributed by atoms with van der Waals surface area (Å²) in [6.45, 7) is 7.79. The van der Waals surface area contributed by atoms with E-state index in [-0.39, 0.29) is 11.6 Å². The topological polar surface area (TPSA) is 56.7 Å². The predicted molar refractivity (Wildman–Crippen MR) is 93.5 cm³/mol. The van der Waals surface area contributed by atoms with Gasteiger partial charge in [0, 0.05) is 36.0 Å². The molecule has 1 fully saturated rings. The number of rotatable bonds is 3. The van der Waals surface area contributed by atoms with E-state index in [9.17, 15) is 10.1 Å². The molecule has 0 spiro atoms. The van der Waals surface area contributed by atoms with E-state index in [1.807, 2.05) is 48.6 Å². The Bertz CT molecular complexity index is 909. The number of fused-ring (bicyclic) bond motifs is 1. The third kappa shape index (κ3) is 2.56. The number of allylic oxidation sites excluding steroid dienone is 1. The molecule has 5 nitrogen and oxygen atoms in total. The van der Waals surface area contributed by atoms with Crippen molar-refractivity contribution >= 4 is 5.69 Å². The summed E-state index contributed by atoms with van der Waals surface area (Å²) in [4.78, 5) is 15.0. The van der Waals surface area contributed by atoms with Crippen LogP contribution in [0, 0.1) is 16.7 Å². The minimum Gasteiger partial charge on any atom is -0.482 e. The number of ether oxygens (including phenoxy) is 1. The number of hydrogen-bond acceptors (Lipinski definition) is 3. The average molecular weight is 332 g/mol. The molecular formula is C20H16N2O3. The van der Waals surface area contributed by atoms with Crippen LogP contribution in [0.3, 0.4) is 0 Å². The molecule has 0 bridgehead atoms. The van der Waals surface area contributed by atoms with E-state index in [2.05, 4.69) is 4.85 Å². The van der Waals surface area contributed by atoms with Crippen LogP contribution in [0.25, 0.3) is 4.85 Å². The summed E-state index contributed by atoms with van der Waals surface area (Å²) >= 11 is 0. The van der Waals surface area contributed by atoms with Crippen LogP contribution in [0.4, 0.5) is 5.69 Å². The van der Waals surface area contributed by atoms with Crippen molar-refractivity contribution < 1.29 is 9.66 Å². The molecule has 1 heterocycles. The van der Waals surface area contributed by atoms with E-state index in [1.54, 1.807) is 0 Å². The van der Waals surface area contributed by atoms with E-state index in [0.717, 1.165) is 29.5 Å². The molecule has 25 heavy (non-hydrogen) atoms. The predicted octanol–water partition coefficient (Wildman–Crippen LogP) is 4.58. The second-order valence-corrected chi connectivity index (χ2v) is 6.44. The van der Waals surface area contributed by atoms with Crippen molar-refractivity contribution in [2.24, 2.45) is 0 Å². The number of nitrogens with zero attached hydrogens (tertiary/aromatic N) is 2. The van der Waals surface area contributed by atoms with E-state index >= 15 is 0 Å². The van der Waals surface area contributed by atoms with Crippen molar-refractivity contribution in [3.63, 3.8) is 0 Å². The standard InChI is InChI=1S/C20H16N2O3/c1-21-20(9-10-20)15-12-17-16(14-6-3-2-4-7-14)8-5-11-25-19(17)18(13-15)22(23)24/h2-8,12-13,16H,9-11H2. The first-order chi connectivity index (χ1) is 12.1. The number of benzene rings is 2. The summed E-state index contributed by atoms with van der Waals surface area (Å²) in [5.74, 6) is 0.187. The van der Waals surface area contributed by atoms with Gasteiger partial charge in [0.15, 0.2) is 0 Å². The molecule has 2 aliphatic rings. The molecule has 0 N–H and O–H groups in total. The van der Waals surface area contributed by atoms with Crippen LogP contribution >= 0.6 is 0 Å². The van der Waals surface area contributed by atoms with Crippen molar-refractivity contribution in [1.29, 1.82) is 0 Å². The summed E-state index contributed by atoms with van der Waals surface area (Å²) in [7, 11) is 0. The van der Waals surface area contributed by atoms with Gasteiger partial charge in [-0.3, -0.25) is 10.1 Å². The molecule has 2 aromatic rings. The number of hydrogen-bond donors (Lipinski definition) is 0. The van der Waals surface area contributed by atoms with Crippen molar-refractivity contribution in [2.75, 3.05) is 6.61 Å². The maximum Gasteiger partial charge on any atom is 0.311 e. The quantitative estimate of drug-likeness (QED) is 0.358. The highest BCUT2D eigenvalue weighted by molar-refractivity contribution is 5.61. The van der Waals surface area contributed by atoms with Gasteiger partial charge in [-0.05, 0) is 11.6 Å². The number of nitro benzene ring substituents is 1. The van der Waals surface area contributed by atoms with Crippen LogP contribution in [0.15, 0.2) is 54.6 Å². The van der Waals surface area contributed by atoms with Gasteiger partial charge in [0.2, 0.25) is 5.75 Å². The molecule has 5 heteroatoms. The zero-order valence-corrected chi connectivity index (χ0v) is 13.5. The molecule has 0 saturated heterocycles. The third-order valence-corrected chi connectivity index (χ3v) is 4.92. The van der Waals surface area contributed by atoms with Crippen molar-refractivity contribution in [1.82, 2.24) is 0 Å². The summed E-state index contributed by atoms with van der Waals surface area (Å²) in [5, 5.41) is 11.6. The zero-order chi connectivity index (χ0) is 17.4. The SMILES string of the molecule is [C-]#[N+]C1(c2cc3c(c([N+](=O)[O-])c2)OCC=CC3c2ccccc2)CC1. The molecule has 0 radical (unpaired) electrons. The molecule has 4 rings (SSSR count). The van der Waals surface area contributed by atoms with Gasteiger partial charge in [-0.1, -0.05) is 42.5 Å². The maximum atomic E-state index is 11.6. The Balaban J connectivity index is 1.95. The van der Waals surface area contributed by atoms with E-state index in [1.165, 1.54) is 6.07 Å². The van der Waals surface area contributed by atoms with Crippen molar-refractivity contribution in [3.8, 4) is 5.75 Å². The molecule has 0 aromatic heterocycles. The Morgan fingerprint density at radius 1 is 1.24 bits per heavy atom. The van der Waals surface area contributed by atoms with E-state index in [4.69, 9.17) is 11.3 Å². The maximum absolute atomic E-state index is 11.6. The summed E-state index contributed by atoms with van der Waals surface area (Å²) in [6, 6.07) is 13.3. The molecule has 0 amide bonds. The highest BCUT2D eigenvalue weighted by Crippen LogP contribution is 2.53. The van der Waals surface area contributed by atoms with Gasteiger partial charge in [0.1, 0.15) is 6.61 Å². The highest BCUT2D eigenvalue weighted by Gasteiger charge is 2.53. The fraction of sp³-hybridized carbons (Fsp3) is 0.250. The Morgan fingerprint density at radius 2 is 2.00 bits per heavy atom. The lowest BCUT2D eigenvalue weighted by Gasteiger charge is -2.17. The molecular weight excluding hydrogens is 316 g/mol. The minimum absolute atomic E-state index is 0.0490. The smallest absolute Gasteiger partial charge is 0.311 e. The monoisotopic (exact) mass is 332 g/mol. The summed E-state index contributed by atoms with van der Waals surface area (Å²) in [6.07, 6.45) is 5.41. The minimum atomic E-state index is -0.600. The molecule has 1 unspecified atom stereocenters. The molecule has 2 aromatic carbocycles. The Morgan fingerprint density at radius 3 is 2.64 bits per heavy atom. The molecule has 124 valence electrons. The normalized spacial score (nSPS) is 19.9. The summed E-state index contributed by atoms with van der Waals surface area (Å²) < 4.78 is 5.71. The van der Waals surface area contributed by atoms with Crippen LogP contribution in [0.2, 0.25) is 0 Å². The fourth-order valence-electron chi connectivity index (χ4n) is 3.39. The fourth-order valence-corrected chi connectivity index (χ4v) is 3.39. The lowest BCUT2D eigenvalue weighted by molar-refractivity contribution is -0.386. The van der Waals surface area contributed by atoms with Gasteiger partial charge in [-0.2, -0.15) is 0 Å². The first-order valence-electron chi connectivity index (χ1n) is 8.20. The van der Waals surface area contributed by atoms with Gasteiger partial charge >= 0.3 is 5.69 Å². The molecule has 1 saturated carbocycles. The van der Waals surface area contributed by atoms with E-state index in [0.29, 0.717) is 12.4 Å². The first-order valence-corrected chi connectivity index (χ1v) is 8.20. The first kappa shape index (κ1) is 15.4. The average Bonchev–Trinajstić information content (AvgIpc) is 3.45. The van der Waals surface area contributed by atoms with Crippen molar-refractivity contribution in [3.05, 3.63) is 92.8 Å². The van der Waals surface area contributed by atoms with E-state index < -0.39 is 10.5 Å². The van der Waals surface area contributed by atoms with Crippen LogP contribution in [0.5, 0.6) is 5.75 Å². The largest absolute Gasteiger partial charge is 0.482 e. The number of nitro groups is 1. The van der Waals surface area contributed by atoms with Crippen LogP contribution in [0.1, 0.15) is 35.4 Å².